The summed E-state index contributed by atoms with van der Waals surface area (Å²) in [6, 6.07) is 4.00. The monoisotopic (exact) mass is 301 g/mol. The molecule has 4 heteroatoms. The molecule has 1 aliphatic heterocycles. The van der Waals surface area contributed by atoms with Crippen LogP contribution >= 0.6 is 23.2 Å². The Labute approximate surface area is 125 Å². The Bertz CT molecular complexity index is 450. The molecule has 0 bridgehead atoms. The maximum atomic E-state index is 6.17. The fourth-order valence-electron chi connectivity index (χ4n) is 2.38. The van der Waals surface area contributed by atoms with E-state index in [0.717, 1.165) is 48.7 Å². The van der Waals surface area contributed by atoms with Crippen molar-refractivity contribution in [3.05, 3.63) is 28.3 Å². The van der Waals surface area contributed by atoms with Crippen LogP contribution in [0.25, 0.3) is 0 Å². The molecular formula is C15H21Cl2NO. The van der Waals surface area contributed by atoms with Gasteiger partial charge in [0.25, 0.3) is 0 Å². The SMILES string of the molecule is CCC(C)(CCCl)NCc1cc(Cl)cc2c1OCC2. The summed E-state index contributed by atoms with van der Waals surface area (Å²) in [5.41, 5.74) is 2.43. The first-order valence-corrected chi connectivity index (χ1v) is 7.74. The Balaban J connectivity index is 2.11. The third-order valence-corrected chi connectivity index (χ3v) is 4.36. The molecule has 0 aromatic heterocycles. The number of rotatable bonds is 6. The average Bonchev–Trinajstić information content (AvgIpc) is 2.84. The average molecular weight is 302 g/mol. The molecule has 1 atom stereocenters. The number of nitrogens with one attached hydrogen (secondary N) is 1. The van der Waals surface area contributed by atoms with Crippen LogP contribution in [0.15, 0.2) is 12.1 Å². The van der Waals surface area contributed by atoms with Gasteiger partial charge in [-0.1, -0.05) is 18.5 Å². The molecule has 1 heterocycles. The Morgan fingerprint density at radius 1 is 1.42 bits per heavy atom. The van der Waals surface area contributed by atoms with Gasteiger partial charge < -0.3 is 10.1 Å². The van der Waals surface area contributed by atoms with Gasteiger partial charge in [0.05, 0.1) is 6.61 Å². The molecule has 106 valence electrons. The molecule has 0 spiro atoms. The summed E-state index contributed by atoms with van der Waals surface area (Å²) in [6.45, 7) is 5.92. The Hall–Kier alpha value is -0.440. The fourth-order valence-corrected chi connectivity index (χ4v) is 3.07. The lowest BCUT2D eigenvalue weighted by atomic mass is 9.95. The van der Waals surface area contributed by atoms with E-state index in [0.29, 0.717) is 5.88 Å². The molecule has 0 saturated carbocycles. The highest BCUT2D eigenvalue weighted by Crippen LogP contribution is 2.33. The van der Waals surface area contributed by atoms with Crippen LogP contribution < -0.4 is 10.1 Å². The van der Waals surface area contributed by atoms with Crippen molar-refractivity contribution in [2.24, 2.45) is 0 Å². The summed E-state index contributed by atoms with van der Waals surface area (Å²) >= 11 is 12.0. The zero-order valence-electron chi connectivity index (χ0n) is 11.6. The van der Waals surface area contributed by atoms with Crippen molar-refractivity contribution in [3.8, 4) is 5.75 Å². The van der Waals surface area contributed by atoms with Gasteiger partial charge in [0.15, 0.2) is 0 Å². The van der Waals surface area contributed by atoms with Gasteiger partial charge in [0.2, 0.25) is 0 Å². The molecule has 0 fully saturated rings. The maximum Gasteiger partial charge on any atom is 0.127 e. The first-order valence-electron chi connectivity index (χ1n) is 6.83. The molecule has 1 N–H and O–H groups in total. The fraction of sp³-hybridized carbons (Fsp3) is 0.600. The number of fused-ring (bicyclic) bond motifs is 1. The zero-order chi connectivity index (χ0) is 13.9. The molecule has 0 radical (unpaired) electrons. The molecule has 0 saturated heterocycles. The molecule has 1 aromatic carbocycles. The van der Waals surface area contributed by atoms with Crippen LogP contribution in [0.3, 0.4) is 0 Å². The summed E-state index contributed by atoms with van der Waals surface area (Å²) in [6.07, 6.45) is 2.95. The van der Waals surface area contributed by atoms with E-state index in [1.165, 1.54) is 5.56 Å². The lowest BCUT2D eigenvalue weighted by Crippen LogP contribution is -2.41. The highest BCUT2D eigenvalue weighted by atomic mass is 35.5. The van der Waals surface area contributed by atoms with Gasteiger partial charge in [0, 0.05) is 35.0 Å². The van der Waals surface area contributed by atoms with E-state index in [4.69, 9.17) is 27.9 Å². The smallest absolute Gasteiger partial charge is 0.127 e. The highest BCUT2D eigenvalue weighted by molar-refractivity contribution is 6.30. The minimum Gasteiger partial charge on any atom is -0.493 e. The van der Waals surface area contributed by atoms with Gasteiger partial charge in [-0.25, -0.2) is 0 Å². The van der Waals surface area contributed by atoms with Crippen LogP contribution in [0, 0.1) is 0 Å². The molecule has 1 aliphatic rings. The second kappa shape index (κ2) is 6.34. The third kappa shape index (κ3) is 3.56. The van der Waals surface area contributed by atoms with Gasteiger partial charge in [-0.2, -0.15) is 0 Å². The van der Waals surface area contributed by atoms with E-state index >= 15 is 0 Å². The van der Waals surface area contributed by atoms with Crippen molar-refractivity contribution in [1.29, 1.82) is 0 Å². The van der Waals surface area contributed by atoms with Crippen molar-refractivity contribution in [3.63, 3.8) is 0 Å². The van der Waals surface area contributed by atoms with Crippen LogP contribution in [-0.4, -0.2) is 18.0 Å². The second-order valence-corrected chi connectivity index (χ2v) is 6.17. The summed E-state index contributed by atoms with van der Waals surface area (Å²) in [5.74, 6) is 1.68. The summed E-state index contributed by atoms with van der Waals surface area (Å²) < 4.78 is 5.72. The number of halogens is 2. The van der Waals surface area contributed by atoms with Gasteiger partial charge in [-0.05, 0) is 37.5 Å². The number of alkyl halides is 1. The number of hydrogen-bond donors (Lipinski definition) is 1. The lowest BCUT2D eigenvalue weighted by molar-refractivity contribution is 0.321. The summed E-state index contributed by atoms with van der Waals surface area (Å²) in [5, 5.41) is 4.39. The van der Waals surface area contributed by atoms with Crippen LogP contribution in [0.2, 0.25) is 5.02 Å². The van der Waals surface area contributed by atoms with Gasteiger partial charge in [0.1, 0.15) is 5.75 Å². The predicted molar refractivity (Wildman–Crippen MR) is 81.5 cm³/mol. The van der Waals surface area contributed by atoms with E-state index in [1.54, 1.807) is 0 Å². The highest BCUT2D eigenvalue weighted by Gasteiger charge is 2.23. The van der Waals surface area contributed by atoms with E-state index < -0.39 is 0 Å². The molecular weight excluding hydrogens is 281 g/mol. The van der Waals surface area contributed by atoms with Crippen molar-refractivity contribution < 1.29 is 4.74 Å². The van der Waals surface area contributed by atoms with Crippen LogP contribution in [0.5, 0.6) is 5.75 Å². The van der Waals surface area contributed by atoms with E-state index in [1.807, 2.05) is 12.1 Å². The molecule has 0 amide bonds. The van der Waals surface area contributed by atoms with E-state index in [-0.39, 0.29) is 5.54 Å². The quantitative estimate of drug-likeness (QED) is 0.797. The van der Waals surface area contributed by atoms with Gasteiger partial charge in [-0.15, -0.1) is 11.6 Å². The Morgan fingerprint density at radius 2 is 2.21 bits per heavy atom. The van der Waals surface area contributed by atoms with Gasteiger partial charge in [-0.3, -0.25) is 0 Å². The minimum atomic E-state index is 0.0650. The first-order chi connectivity index (χ1) is 9.08. The molecule has 2 rings (SSSR count). The molecule has 19 heavy (non-hydrogen) atoms. The molecule has 1 unspecified atom stereocenters. The first kappa shape index (κ1) is 15.0. The largest absolute Gasteiger partial charge is 0.493 e. The van der Waals surface area contributed by atoms with E-state index in [2.05, 4.69) is 19.2 Å². The van der Waals surface area contributed by atoms with Crippen molar-refractivity contribution in [2.45, 2.75) is 45.2 Å². The topological polar surface area (TPSA) is 21.3 Å². The van der Waals surface area contributed by atoms with Crippen molar-refractivity contribution in [1.82, 2.24) is 5.32 Å². The minimum absolute atomic E-state index is 0.0650. The third-order valence-electron chi connectivity index (χ3n) is 3.96. The number of benzene rings is 1. The van der Waals surface area contributed by atoms with Crippen LogP contribution in [-0.2, 0) is 13.0 Å². The lowest BCUT2D eigenvalue weighted by Gasteiger charge is -2.29. The molecule has 0 aliphatic carbocycles. The maximum absolute atomic E-state index is 6.17. The van der Waals surface area contributed by atoms with Crippen molar-refractivity contribution in [2.75, 3.05) is 12.5 Å². The zero-order valence-corrected chi connectivity index (χ0v) is 13.1. The normalized spacial score (nSPS) is 16.8. The molecule has 1 aromatic rings. The second-order valence-electron chi connectivity index (χ2n) is 5.36. The Morgan fingerprint density at radius 3 is 2.89 bits per heavy atom. The number of hydrogen-bond acceptors (Lipinski definition) is 2. The summed E-state index contributed by atoms with van der Waals surface area (Å²) in [4.78, 5) is 0. The van der Waals surface area contributed by atoms with E-state index in [9.17, 15) is 0 Å². The standard InChI is InChI=1S/C15H21Cl2NO/c1-3-15(2,5-6-16)18-10-12-9-13(17)8-11-4-7-19-14(11)12/h8-9,18H,3-7,10H2,1-2H3. The Kier molecular flexibility index (Phi) is 4.99. The number of ether oxygens (including phenoxy) is 1. The van der Waals surface area contributed by atoms with Crippen LogP contribution in [0.1, 0.15) is 37.8 Å². The molecule has 2 nitrogen and oxygen atoms in total. The predicted octanol–water partition coefficient (Wildman–Crippen LogP) is 4.16. The van der Waals surface area contributed by atoms with Gasteiger partial charge >= 0.3 is 0 Å². The summed E-state index contributed by atoms with van der Waals surface area (Å²) in [7, 11) is 0. The van der Waals surface area contributed by atoms with Crippen LogP contribution in [0.4, 0.5) is 0 Å². The van der Waals surface area contributed by atoms with Crippen molar-refractivity contribution >= 4 is 23.2 Å².